The van der Waals surface area contributed by atoms with Crippen molar-refractivity contribution in [3.63, 3.8) is 0 Å². The first-order valence-electron chi connectivity index (χ1n) is 16.3. The van der Waals surface area contributed by atoms with Crippen molar-refractivity contribution in [3.05, 3.63) is 188 Å². The van der Waals surface area contributed by atoms with Gasteiger partial charge in [-0.3, -0.25) is 0 Å². The van der Waals surface area contributed by atoms with Crippen LogP contribution >= 0.6 is 11.3 Å². The van der Waals surface area contributed by atoms with Gasteiger partial charge in [-0.2, -0.15) is 0 Å². The first-order valence-corrected chi connectivity index (χ1v) is 17.2. The molecule has 0 fully saturated rings. The summed E-state index contributed by atoms with van der Waals surface area (Å²) in [4.78, 5) is 2.41. The lowest BCUT2D eigenvalue weighted by atomic mass is 9.97. The van der Waals surface area contributed by atoms with Crippen LogP contribution in [0.25, 0.3) is 64.3 Å². The van der Waals surface area contributed by atoms with Gasteiger partial charge in [0.05, 0.1) is 5.69 Å². The standard InChI is InChI=1S/C46H31NS/c1-2-12-32(13-3-1)34-26-28-38(29-27-34)47(43-21-8-6-18-40(43)37-25-24-33-14-4-5-15-35(33)30-37)39-17-10-16-36(31-39)41-20-11-23-45-46(41)42-19-7-9-22-44(42)48-45/h1-31H. The molecule has 0 aliphatic carbocycles. The van der Waals surface area contributed by atoms with E-state index < -0.39 is 0 Å². The van der Waals surface area contributed by atoms with Crippen LogP contribution in [0.3, 0.4) is 0 Å². The van der Waals surface area contributed by atoms with Gasteiger partial charge in [-0.1, -0.05) is 140 Å². The fourth-order valence-corrected chi connectivity index (χ4v) is 8.09. The van der Waals surface area contributed by atoms with Crippen LogP contribution in [0.1, 0.15) is 0 Å². The number of nitrogens with zero attached hydrogens (tertiary/aromatic N) is 1. The molecule has 0 saturated heterocycles. The van der Waals surface area contributed by atoms with Crippen LogP contribution in [-0.2, 0) is 0 Å². The lowest BCUT2D eigenvalue weighted by molar-refractivity contribution is 1.28. The van der Waals surface area contributed by atoms with E-state index in [2.05, 4.69) is 193 Å². The zero-order valence-electron chi connectivity index (χ0n) is 26.3. The van der Waals surface area contributed by atoms with Gasteiger partial charge in [-0.05, 0) is 87.1 Å². The lowest BCUT2D eigenvalue weighted by Gasteiger charge is -2.28. The molecular weight excluding hydrogens is 599 g/mol. The molecule has 0 amide bonds. The third-order valence-electron chi connectivity index (χ3n) is 9.26. The van der Waals surface area contributed by atoms with Crippen molar-refractivity contribution in [1.82, 2.24) is 0 Å². The third kappa shape index (κ3) is 5.04. The average molecular weight is 630 g/mol. The quantitative estimate of drug-likeness (QED) is 0.177. The molecular formula is C46H31NS. The minimum atomic E-state index is 1.11. The van der Waals surface area contributed by atoms with Crippen LogP contribution < -0.4 is 4.90 Å². The van der Waals surface area contributed by atoms with E-state index in [-0.39, 0.29) is 0 Å². The van der Waals surface area contributed by atoms with Crippen LogP contribution in [0.4, 0.5) is 17.1 Å². The lowest BCUT2D eigenvalue weighted by Crippen LogP contribution is -2.11. The van der Waals surface area contributed by atoms with Crippen molar-refractivity contribution in [3.8, 4) is 33.4 Å². The maximum absolute atomic E-state index is 2.41. The highest BCUT2D eigenvalue weighted by Crippen LogP contribution is 2.44. The van der Waals surface area contributed by atoms with Gasteiger partial charge in [-0.15, -0.1) is 11.3 Å². The molecule has 0 atom stereocenters. The maximum Gasteiger partial charge on any atom is 0.0540 e. The normalized spacial score (nSPS) is 11.3. The van der Waals surface area contributed by atoms with E-state index in [0.717, 1.165) is 17.1 Å². The van der Waals surface area contributed by atoms with Crippen LogP contribution in [0.15, 0.2) is 188 Å². The largest absolute Gasteiger partial charge is 0.310 e. The van der Waals surface area contributed by atoms with Crippen molar-refractivity contribution < 1.29 is 0 Å². The van der Waals surface area contributed by atoms with E-state index in [1.54, 1.807) is 0 Å². The number of anilines is 3. The molecule has 0 bridgehead atoms. The van der Waals surface area contributed by atoms with Crippen molar-refractivity contribution >= 4 is 59.3 Å². The molecule has 0 N–H and O–H groups in total. The van der Waals surface area contributed by atoms with Gasteiger partial charge in [0, 0.05) is 37.1 Å². The van der Waals surface area contributed by atoms with Gasteiger partial charge >= 0.3 is 0 Å². The SMILES string of the molecule is c1ccc(-c2ccc(N(c3cccc(-c4cccc5sc6ccccc6c45)c3)c3ccccc3-c3ccc4ccccc4c3)cc2)cc1. The summed E-state index contributed by atoms with van der Waals surface area (Å²) in [5, 5.41) is 5.12. The second kappa shape index (κ2) is 12.0. The van der Waals surface area contributed by atoms with E-state index in [9.17, 15) is 0 Å². The Labute approximate surface area is 284 Å². The molecule has 9 rings (SSSR count). The smallest absolute Gasteiger partial charge is 0.0540 e. The van der Waals surface area contributed by atoms with Crippen LogP contribution in [0.5, 0.6) is 0 Å². The molecule has 226 valence electrons. The minimum Gasteiger partial charge on any atom is -0.310 e. The number of thiophene rings is 1. The summed E-state index contributed by atoms with van der Waals surface area (Å²) >= 11 is 1.86. The topological polar surface area (TPSA) is 3.24 Å². The fraction of sp³-hybridized carbons (Fsp3) is 0. The molecule has 0 saturated carbocycles. The highest BCUT2D eigenvalue weighted by Gasteiger charge is 2.19. The Bertz CT molecular complexity index is 2560. The minimum absolute atomic E-state index is 1.11. The summed E-state index contributed by atoms with van der Waals surface area (Å²) in [6, 6.07) is 68.2. The summed E-state index contributed by atoms with van der Waals surface area (Å²) in [6.07, 6.45) is 0. The van der Waals surface area contributed by atoms with Gasteiger partial charge in [0.15, 0.2) is 0 Å². The van der Waals surface area contributed by atoms with Crippen molar-refractivity contribution in [2.24, 2.45) is 0 Å². The number of hydrogen-bond donors (Lipinski definition) is 0. The predicted molar refractivity (Wildman–Crippen MR) is 208 cm³/mol. The molecule has 1 heterocycles. The fourth-order valence-electron chi connectivity index (χ4n) is 6.96. The molecule has 1 aromatic heterocycles. The van der Waals surface area contributed by atoms with E-state index in [0.29, 0.717) is 0 Å². The van der Waals surface area contributed by atoms with E-state index in [1.165, 1.54) is 64.3 Å². The van der Waals surface area contributed by atoms with Crippen LogP contribution in [0.2, 0.25) is 0 Å². The first-order chi connectivity index (χ1) is 23.8. The van der Waals surface area contributed by atoms with Gasteiger partial charge < -0.3 is 4.90 Å². The molecule has 0 aliphatic heterocycles. The Hall–Kier alpha value is -5.96. The van der Waals surface area contributed by atoms with Gasteiger partial charge in [-0.25, -0.2) is 0 Å². The van der Waals surface area contributed by atoms with Crippen molar-refractivity contribution in [1.29, 1.82) is 0 Å². The van der Waals surface area contributed by atoms with Crippen molar-refractivity contribution in [2.75, 3.05) is 4.90 Å². The zero-order valence-corrected chi connectivity index (χ0v) is 27.1. The molecule has 1 nitrogen and oxygen atoms in total. The van der Waals surface area contributed by atoms with Gasteiger partial charge in [0.25, 0.3) is 0 Å². The molecule has 0 unspecified atom stereocenters. The van der Waals surface area contributed by atoms with E-state index >= 15 is 0 Å². The molecule has 48 heavy (non-hydrogen) atoms. The predicted octanol–water partition coefficient (Wildman–Crippen LogP) is 13.7. The van der Waals surface area contributed by atoms with E-state index in [1.807, 2.05) is 11.3 Å². The highest BCUT2D eigenvalue weighted by atomic mass is 32.1. The highest BCUT2D eigenvalue weighted by molar-refractivity contribution is 7.25. The molecule has 0 spiro atoms. The summed E-state index contributed by atoms with van der Waals surface area (Å²) in [5.74, 6) is 0. The van der Waals surface area contributed by atoms with E-state index in [4.69, 9.17) is 0 Å². The average Bonchev–Trinajstić information content (AvgIpc) is 3.55. The Morgan fingerprint density at radius 2 is 0.979 bits per heavy atom. The van der Waals surface area contributed by atoms with Crippen molar-refractivity contribution in [2.45, 2.75) is 0 Å². The number of rotatable bonds is 6. The second-order valence-electron chi connectivity index (χ2n) is 12.2. The second-order valence-corrected chi connectivity index (χ2v) is 13.2. The molecule has 2 heteroatoms. The van der Waals surface area contributed by atoms with Gasteiger partial charge in [0.2, 0.25) is 0 Å². The number of benzene rings is 8. The van der Waals surface area contributed by atoms with Crippen LogP contribution in [-0.4, -0.2) is 0 Å². The summed E-state index contributed by atoms with van der Waals surface area (Å²) < 4.78 is 2.63. The van der Waals surface area contributed by atoms with Gasteiger partial charge in [0.1, 0.15) is 0 Å². The molecule has 9 aromatic rings. The summed E-state index contributed by atoms with van der Waals surface area (Å²) in [7, 11) is 0. The third-order valence-corrected chi connectivity index (χ3v) is 10.4. The number of para-hydroxylation sites is 1. The monoisotopic (exact) mass is 629 g/mol. The number of hydrogen-bond acceptors (Lipinski definition) is 2. The summed E-state index contributed by atoms with van der Waals surface area (Å²) in [6.45, 7) is 0. The maximum atomic E-state index is 2.41. The Kier molecular flexibility index (Phi) is 7.07. The molecule has 0 aliphatic rings. The Balaban J connectivity index is 1.23. The number of fused-ring (bicyclic) bond motifs is 4. The zero-order chi connectivity index (χ0) is 31.9. The first kappa shape index (κ1) is 28.3. The Morgan fingerprint density at radius 3 is 1.88 bits per heavy atom. The summed E-state index contributed by atoms with van der Waals surface area (Å²) in [5.41, 5.74) is 10.6. The van der Waals surface area contributed by atoms with Crippen LogP contribution in [0, 0.1) is 0 Å². The molecule has 8 aromatic carbocycles. The molecule has 0 radical (unpaired) electrons. The Morgan fingerprint density at radius 1 is 0.354 bits per heavy atom.